The molecule has 4 aliphatic rings. The van der Waals surface area contributed by atoms with Crippen molar-refractivity contribution < 1.29 is 4.79 Å². The van der Waals surface area contributed by atoms with Gasteiger partial charge in [-0.25, -0.2) is 9.67 Å². The number of hydrogen-bond acceptors (Lipinski definition) is 4. The smallest absolute Gasteiger partial charge is 0.230 e. The van der Waals surface area contributed by atoms with Crippen LogP contribution in [0.1, 0.15) is 44.1 Å². The number of hydrogen-bond donors (Lipinski definition) is 1. The van der Waals surface area contributed by atoms with Crippen LogP contribution in [0.3, 0.4) is 0 Å². The predicted octanol–water partition coefficient (Wildman–Crippen LogP) is 4.98. The van der Waals surface area contributed by atoms with Crippen LogP contribution in [0.25, 0.3) is 0 Å². The van der Waals surface area contributed by atoms with Crippen molar-refractivity contribution in [2.75, 3.05) is 5.32 Å². The number of halogens is 2. The Bertz CT molecular complexity index is 1160. The largest absolute Gasteiger partial charge is 0.323 e. The zero-order valence-corrected chi connectivity index (χ0v) is 20.7. The van der Waals surface area contributed by atoms with Crippen LogP contribution in [0.15, 0.2) is 52.2 Å². The van der Waals surface area contributed by atoms with Crippen molar-refractivity contribution in [2.45, 2.75) is 50.6 Å². The highest BCUT2D eigenvalue weighted by Gasteiger charge is 2.61. The molecule has 0 aliphatic heterocycles. The molecule has 3 aromatic rings. The fraction of sp³-hybridized carbons (Fsp3) is 0.478. The minimum Gasteiger partial charge on any atom is -0.323 e. The summed E-state index contributed by atoms with van der Waals surface area (Å²) in [5.41, 5.74) is 1.50. The quantitative estimate of drug-likeness (QED) is 0.478. The van der Waals surface area contributed by atoms with Gasteiger partial charge in [-0.05, 0) is 84.0 Å². The van der Waals surface area contributed by atoms with E-state index < -0.39 is 0 Å². The Balaban J connectivity index is 1.21. The zero-order chi connectivity index (χ0) is 21.9. The summed E-state index contributed by atoms with van der Waals surface area (Å²) in [7, 11) is 0. The molecule has 1 N–H and O–H groups in total. The molecular weight excluding hydrogens is 536 g/mol. The Kier molecular flexibility index (Phi) is 4.84. The third-order valence-electron chi connectivity index (χ3n) is 7.61. The minimum atomic E-state index is -0.337. The summed E-state index contributed by atoms with van der Waals surface area (Å²) in [6.45, 7) is 0.669. The Hall–Kier alpha value is -2.00. The highest BCUT2D eigenvalue weighted by atomic mass is 79.9. The first-order valence-corrected chi connectivity index (χ1v) is 12.7. The lowest BCUT2D eigenvalue weighted by atomic mass is 9.46. The van der Waals surface area contributed by atoms with Crippen molar-refractivity contribution in [1.29, 1.82) is 0 Å². The standard InChI is InChI=1S/C23H24Br2N6O/c24-18-3-1-15(2-4-18)11-30-12-19(10-27-30)28-20(32)22-6-16-5-17(7-22)9-23(8-16,13-22)31-14-26-21(25)29-31/h1-4,10,12,14,16-17H,5-9,11,13H2,(H,28,32). The van der Waals surface area contributed by atoms with Crippen LogP contribution >= 0.6 is 31.9 Å². The summed E-state index contributed by atoms with van der Waals surface area (Å²) in [5, 5.41) is 12.3. The summed E-state index contributed by atoms with van der Waals surface area (Å²) < 4.78 is 5.57. The van der Waals surface area contributed by atoms with Gasteiger partial charge in [-0.1, -0.05) is 28.1 Å². The van der Waals surface area contributed by atoms with Gasteiger partial charge >= 0.3 is 0 Å². The lowest BCUT2D eigenvalue weighted by Gasteiger charge is -2.60. The molecule has 0 saturated heterocycles. The van der Waals surface area contributed by atoms with Crippen LogP contribution in [-0.4, -0.2) is 30.5 Å². The molecule has 4 bridgehead atoms. The molecule has 0 radical (unpaired) electrons. The number of amides is 1. The summed E-state index contributed by atoms with van der Waals surface area (Å²) >= 11 is 6.86. The number of anilines is 1. The molecule has 2 heterocycles. The number of carbonyl (C=O) groups is 1. The third-order valence-corrected chi connectivity index (χ3v) is 8.50. The van der Waals surface area contributed by atoms with Gasteiger partial charge in [0.2, 0.25) is 10.6 Å². The van der Waals surface area contributed by atoms with Crippen molar-refractivity contribution >= 4 is 43.5 Å². The van der Waals surface area contributed by atoms with E-state index in [0.29, 0.717) is 23.1 Å². The number of carbonyl (C=O) groups excluding carboxylic acids is 1. The van der Waals surface area contributed by atoms with E-state index in [4.69, 9.17) is 0 Å². The molecule has 7 rings (SSSR count). The first-order valence-electron chi connectivity index (χ1n) is 11.1. The van der Waals surface area contributed by atoms with E-state index in [-0.39, 0.29) is 16.9 Å². The number of nitrogens with zero attached hydrogens (tertiary/aromatic N) is 5. The fourth-order valence-corrected chi connectivity index (χ4v) is 7.30. The van der Waals surface area contributed by atoms with Crippen molar-refractivity contribution in [3.05, 3.63) is 57.8 Å². The van der Waals surface area contributed by atoms with Gasteiger partial charge in [0.05, 0.1) is 29.4 Å². The molecule has 2 unspecified atom stereocenters. The minimum absolute atomic E-state index is 0.0911. The van der Waals surface area contributed by atoms with Crippen molar-refractivity contribution in [2.24, 2.45) is 17.3 Å². The topological polar surface area (TPSA) is 77.6 Å². The van der Waals surface area contributed by atoms with Crippen molar-refractivity contribution in [3.63, 3.8) is 0 Å². The third kappa shape index (κ3) is 3.53. The van der Waals surface area contributed by atoms with Gasteiger partial charge in [-0.3, -0.25) is 9.48 Å². The van der Waals surface area contributed by atoms with E-state index in [9.17, 15) is 4.79 Å². The molecule has 32 heavy (non-hydrogen) atoms. The Morgan fingerprint density at radius 1 is 1.12 bits per heavy atom. The molecule has 4 fully saturated rings. The number of nitrogens with one attached hydrogen (secondary N) is 1. The van der Waals surface area contributed by atoms with E-state index in [0.717, 1.165) is 47.8 Å². The Morgan fingerprint density at radius 3 is 2.56 bits per heavy atom. The summed E-state index contributed by atoms with van der Waals surface area (Å²) in [4.78, 5) is 17.9. The van der Waals surface area contributed by atoms with Crippen LogP contribution < -0.4 is 5.32 Å². The molecular formula is C23H24Br2N6O. The maximum atomic E-state index is 13.6. The summed E-state index contributed by atoms with van der Waals surface area (Å²) in [5.74, 6) is 1.29. The van der Waals surface area contributed by atoms with E-state index in [1.165, 1.54) is 6.42 Å². The van der Waals surface area contributed by atoms with Gasteiger partial charge in [-0.2, -0.15) is 5.10 Å². The zero-order valence-electron chi connectivity index (χ0n) is 17.5. The Morgan fingerprint density at radius 2 is 1.88 bits per heavy atom. The molecule has 4 aliphatic carbocycles. The molecule has 1 amide bonds. The molecule has 7 nitrogen and oxygen atoms in total. The fourth-order valence-electron chi connectivity index (χ4n) is 6.77. The maximum absolute atomic E-state index is 13.6. The van der Waals surface area contributed by atoms with Crippen molar-refractivity contribution in [1.82, 2.24) is 24.5 Å². The Labute approximate surface area is 203 Å². The molecule has 2 aromatic heterocycles. The van der Waals surface area contributed by atoms with Crippen LogP contribution in [-0.2, 0) is 16.9 Å². The van der Waals surface area contributed by atoms with Crippen LogP contribution in [0, 0.1) is 17.3 Å². The lowest BCUT2D eigenvalue weighted by Crippen LogP contribution is -2.60. The van der Waals surface area contributed by atoms with Crippen LogP contribution in [0.5, 0.6) is 0 Å². The monoisotopic (exact) mass is 558 g/mol. The second kappa shape index (κ2) is 7.52. The summed E-state index contributed by atoms with van der Waals surface area (Å²) in [6.07, 6.45) is 11.7. The van der Waals surface area contributed by atoms with Crippen LogP contribution in [0.2, 0.25) is 0 Å². The second-order valence-corrected chi connectivity index (χ2v) is 11.6. The second-order valence-electron chi connectivity index (χ2n) is 9.93. The lowest BCUT2D eigenvalue weighted by molar-refractivity contribution is -0.150. The maximum Gasteiger partial charge on any atom is 0.230 e. The average Bonchev–Trinajstić information content (AvgIpc) is 3.38. The van der Waals surface area contributed by atoms with Crippen LogP contribution in [0.4, 0.5) is 5.69 Å². The van der Waals surface area contributed by atoms with Gasteiger partial charge in [0.15, 0.2) is 0 Å². The molecule has 166 valence electrons. The van der Waals surface area contributed by atoms with Crippen molar-refractivity contribution in [3.8, 4) is 0 Å². The normalized spacial score (nSPS) is 30.6. The van der Waals surface area contributed by atoms with E-state index in [1.54, 1.807) is 6.20 Å². The summed E-state index contributed by atoms with van der Waals surface area (Å²) in [6, 6.07) is 8.19. The molecule has 4 saturated carbocycles. The molecule has 1 aromatic carbocycles. The van der Waals surface area contributed by atoms with Gasteiger partial charge in [-0.15, -0.1) is 5.10 Å². The highest BCUT2D eigenvalue weighted by Crippen LogP contribution is 2.64. The molecule has 9 heteroatoms. The van der Waals surface area contributed by atoms with E-state index in [2.05, 4.69) is 64.5 Å². The molecule has 0 spiro atoms. The first kappa shape index (κ1) is 20.6. The predicted molar refractivity (Wildman–Crippen MR) is 127 cm³/mol. The SMILES string of the molecule is O=C(Nc1cnn(Cc2ccc(Br)cc2)c1)C12CC3CC(C1)CC(n1cnc(Br)n1)(C3)C2. The highest BCUT2D eigenvalue weighted by molar-refractivity contribution is 9.10. The van der Waals surface area contributed by atoms with Gasteiger partial charge in [0.1, 0.15) is 6.33 Å². The van der Waals surface area contributed by atoms with E-state index >= 15 is 0 Å². The van der Waals surface area contributed by atoms with E-state index in [1.807, 2.05) is 34.0 Å². The average molecular weight is 560 g/mol. The first-order chi connectivity index (χ1) is 15.4. The number of rotatable bonds is 5. The number of benzene rings is 1. The number of aromatic nitrogens is 5. The van der Waals surface area contributed by atoms with Gasteiger partial charge < -0.3 is 5.32 Å². The molecule has 2 atom stereocenters. The van der Waals surface area contributed by atoms with Gasteiger partial charge in [0, 0.05) is 10.7 Å². The van der Waals surface area contributed by atoms with Gasteiger partial charge in [0.25, 0.3) is 0 Å².